The standard InChI is InChI=1S/C11H14ClF2N/c12-6-1-2-7-15-8-9-10(13)4-3-5-11(9)14/h3-5,15H,1-2,6-8H2. The lowest BCUT2D eigenvalue weighted by atomic mass is 10.2. The predicted molar refractivity (Wildman–Crippen MR) is 58.0 cm³/mol. The summed E-state index contributed by atoms with van der Waals surface area (Å²) in [5.74, 6) is -0.380. The van der Waals surface area contributed by atoms with Crippen molar-refractivity contribution in [3.8, 4) is 0 Å². The number of benzene rings is 1. The third kappa shape index (κ3) is 4.14. The summed E-state index contributed by atoms with van der Waals surface area (Å²) in [4.78, 5) is 0. The van der Waals surface area contributed by atoms with Crippen LogP contribution in [-0.2, 0) is 6.54 Å². The Morgan fingerprint density at radius 2 is 1.80 bits per heavy atom. The van der Waals surface area contributed by atoms with Gasteiger partial charge in [-0.05, 0) is 31.5 Å². The number of unbranched alkanes of at least 4 members (excludes halogenated alkanes) is 1. The number of nitrogens with one attached hydrogen (secondary N) is 1. The average molecular weight is 234 g/mol. The van der Waals surface area contributed by atoms with Gasteiger partial charge < -0.3 is 5.32 Å². The largest absolute Gasteiger partial charge is 0.312 e. The second-order valence-corrected chi connectivity index (χ2v) is 3.65. The van der Waals surface area contributed by atoms with Crippen LogP contribution in [0.4, 0.5) is 8.78 Å². The first-order valence-electron chi connectivity index (χ1n) is 4.95. The van der Waals surface area contributed by atoms with E-state index in [1.807, 2.05) is 0 Å². The Balaban J connectivity index is 2.37. The van der Waals surface area contributed by atoms with Crippen molar-refractivity contribution in [1.29, 1.82) is 0 Å². The van der Waals surface area contributed by atoms with Crippen LogP contribution in [-0.4, -0.2) is 12.4 Å². The maximum Gasteiger partial charge on any atom is 0.130 e. The van der Waals surface area contributed by atoms with Crippen molar-refractivity contribution in [1.82, 2.24) is 5.32 Å². The lowest BCUT2D eigenvalue weighted by Crippen LogP contribution is -2.16. The predicted octanol–water partition coefficient (Wildman–Crippen LogP) is 3.07. The summed E-state index contributed by atoms with van der Waals surface area (Å²) in [6.07, 6.45) is 1.83. The normalized spacial score (nSPS) is 10.6. The molecular weight excluding hydrogens is 220 g/mol. The van der Waals surface area contributed by atoms with Gasteiger partial charge in [-0.3, -0.25) is 0 Å². The second-order valence-electron chi connectivity index (χ2n) is 3.27. The Kier molecular flexibility index (Phi) is 5.58. The molecule has 1 aromatic rings. The van der Waals surface area contributed by atoms with E-state index in [-0.39, 0.29) is 12.1 Å². The molecule has 0 aliphatic carbocycles. The number of halogens is 3. The van der Waals surface area contributed by atoms with E-state index in [1.165, 1.54) is 18.2 Å². The molecule has 0 aliphatic heterocycles. The highest BCUT2D eigenvalue weighted by Crippen LogP contribution is 2.11. The lowest BCUT2D eigenvalue weighted by Gasteiger charge is -2.06. The number of hydrogen-bond donors (Lipinski definition) is 1. The first-order valence-corrected chi connectivity index (χ1v) is 5.48. The van der Waals surface area contributed by atoms with Gasteiger partial charge in [0.05, 0.1) is 0 Å². The van der Waals surface area contributed by atoms with Gasteiger partial charge in [0, 0.05) is 18.0 Å². The van der Waals surface area contributed by atoms with Crippen molar-refractivity contribution in [2.75, 3.05) is 12.4 Å². The summed E-state index contributed by atoms with van der Waals surface area (Å²) in [5, 5.41) is 2.98. The Bertz CT molecular complexity index is 284. The van der Waals surface area contributed by atoms with Gasteiger partial charge in [-0.2, -0.15) is 0 Å². The SMILES string of the molecule is Fc1cccc(F)c1CNCCCCCl. The van der Waals surface area contributed by atoms with Gasteiger partial charge in [-0.1, -0.05) is 6.07 Å². The maximum absolute atomic E-state index is 13.1. The number of alkyl halides is 1. The van der Waals surface area contributed by atoms with Gasteiger partial charge in [0.2, 0.25) is 0 Å². The van der Waals surface area contributed by atoms with Crippen LogP contribution in [0.15, 0.2) is 18.2 Å². The highest BCUT2D eigenvalue weighted by molar-refractivity contribution is 6.17. The van der Waals surface area contributed by atoms with Crippen LogP contribution < -0.4 is 5.32 Å². The van der Waals surface area contributed by atoms with Gasteiger partial charge in [0.25, 0.3) is 0 Å². The van der Waals surface area contributed by atoms with E-state index in [0.717, 1.165) is 19.4 Å². The molecule has 1 N–H and O–H groups in total. The first kappa shape index (κ1) is 12.4. The van der Waals surface area contributed by atoms with Gasteiger partial charge in [-0.15, -0.1) is 11.6 Å². The summed E-state index contributed by atoms with van der Waals surface area (Å²) in [6, 6.07) is 3.89. The van der Waals surface area contributed by atoms with Crippen LogP contribution in [0.1, 0.15) is 18.4 Å². The van der Waals surface area contributed by atoms with Crippen molar-refractivity contribution in [3.05, 3.63) is 35.4 Å². The molecule has 1 rings (SSSR count). The van der Waals surface area contributed by atoms with Crippen molar-refractivity contribution in [2.24, 2.45) is 0 Å². The molecule has 84 valence electrons. The second kappa shape index (κ2) is 6.75. The summed E-state index contributed by atoms with van der Waals surface area (Å²) in [6.45, 7) is 0.946. The third-order valence-corrected chi connectivity index (χ3v) is 2.37. The van der Waals surface area contributed by atoms with Crippen molar-refractivity contribution < 1.29 is 8.78 Å². The molecule has 0 amide bonds. The minimum absolute atomic E-state index is 0.100. The molecule has 4 heteroatoms. The van der Waals surface area contributed by atoms with Crippen LogP contribution in [0.25, 0.3) is 0 Å². The molecule has 15 heavy (non-hydrogen) atoms. The van der Waals surface area contributed by atoms with Crippen LogP contribution in [0.2, 0.25) is 0 Å². The zero-order valence-corrected chi connectivity index (χ0v) is 9.16. The molecule has 0 unspecified atom stereocenters. The monoisotopic (exact) mass is 233 g/mol. The van der Waals surface area contributed by atoms with Crippen LogP contribution >= 0.6 is 11.6 Å². The average Bonchev–Trinajstić information content (AvgIpc) is 2.21. The van der Waals surface area contributed by atoms with Crippen LogP contribution in [0.5, 0.6) is 0 Å². The Morgan fingerprint density at radius 3 is 2.40 bits per heavy atom. The molecule has 0 spiro atoms. The van der Waals surface area contributed by atoms with Crippen molar-refractivity contribution >= 4 is 11.6 Å². The fraction of sp³-hybridized carbons (Fsp3) is 0.455. The number of rotatable bonds is 6. The zero-order chi connectivity index (χ0) is 11.1. The molecule has 1 nitrogen and oxygen atoms in total. The Hall–Kier alpha value is -0.670. The van der Waals surface area contributed by atoms with Crippen LogP contribution in [0, 0.1) is 11.6 Å². The molecular formula is C11H14ClF2N. The molecule has 0 bridgehead atoms. The van der Waals surface area contributed by atoms with Crippen molar-refractivity contribution in [3.63, 3.8) is 0 Å². The Labute approximate surface area is 93.4 Å². The third-order valence-electron chi connectivity index (χ3n) is 2.10. The molecule has 0 atom stereocenters. The summed E-state index contributed by atoms with van der Waals surface area (Å²) >= 11 is 5.50. The molecule has 0 radical (unpaired) electrons. The first-order chi connectivity index (χ1) is 7.25. The summed E-state index contributed by atoms with van der Waals surface area (Å²) < 4.78 is 26.2. The molecule has 0 fully saturated rings. The molecule has 1 aromatic carbocycles. The van der Waals surface area contributed by atoms with Gasteiger partial charge in [0.15, 0.2) is 0 Å². The van der Waals surface area contributed by atoms with Crippen LogP contribution in [0.3, 0.4) is 0 Å². The minimum Gasteiger partial charge on any atom is -0.312 e. The zero-order valence-electron chi connectivity index (χ0n) is 8.40. The van der Waals surface area contributed by atoms with E-state index in [2.05, 4.69) is 5.32 Å². The van der Waals surface area contributed by atoms with Crippen molar-refractivity contribution in [2.45, 2.75) is 19.4 Å². The van der Waals surface area contributed by atoms with E-state index < -0.39 is 11.6 Å². The van der Waals surface area contributed by atoms with Gasteiger partial charge in [0.1, 0.15) is 11.6 Å². The van der Waals surface area contributed by atoms with Gasteiger partial charge >= 0.3 is 0 Å². The van der Waals surface area contributed by atoms with Gasteiger partial charge in [-0.25, -0.2) is 8.78 Å². The highest BCUT2D eigenvalue weighted by atomic mass is 35.5. The molecule has 0 heterocycles. The fourth-order valence-corrected chi connectivity index (χ4v) is 1.45. The van der Waals surface area contributed by atoms with E-state index in [0.29, 0.717) is 5.88 Å². The molecule has 0 saturated carbocycles. The molecule has 0 aromatic heterocycles. The topological polar surface area (TPSA) is 12.0 Å². The van der Waals surface area contributed by atoms with E-state index >= 15 is 0 Å². The number of hydrogen-bond acceptors (Lipinski definition) is 1. The Morgan fingerprint density at radius 1 is 1.13 bits per heavy atom. The van der Waals surface area contributed by atoms with E-state index in [9.17, 15) is 8.78 Å². The quantitative estimate of drug-likeness (QED) is 0.588. The maximum atomic E-state index is 13.1. The summed E-state index contributed by atoms with van der Waals surface area (Å²) in [5.41, 5.74) is 0.100. The fourth-order valence-electron chi connectivity index (χ4n) is 1.26. The molecule has 0 aliphatic rings. The summed E-state index contributed by atoms with van der Waals surface area (Å²) in [7, 11) is 0. The smallest absolute Gasteiger partial charge is 0.130 e. The van der Waals surface area contributed by atoms with E-state index in [1.54, 1.807) is 0 Å². The lowest BCUT2D eigenvalue weighted by molar-refractivity contribution is 0.532. The highest BCUT2D eigenvalue weighted by Gasteiger charge is 2.06. The molecule has 0 saturated heterocycles. The minimum atomic E-state index is -0.500. The van der Waals surface area contributed by atoms with E-state index in [4.69, 9.17) is 11.6 Å².